The number of guanidine groups is 1. The lowest BCUT2D eigenvalue weighted by molar-refractivity contribution is -0.171. The van der Waals surface area contributed by atoms with Gasteiger partial charge in [0.25, 0.3) is 0 Å². The van der Waals surface area contributed by atoms with Crippen LogP contribution in [0.5, 0.6) is 0 Å². The van der Waals surface area contributed by atoms with Crippen molar-refractivity contribution in [3.8, 4) is 0 Å². The van der Waals surface area contributed by atoms with Gasteiger partial charge in [-0.15, -0.1) is 0 Å². The summed E-state index contributed by atoms with van der Waals surface area (Å²) < 4.78 is 7.18. The average molecular weight is 433 g/mol. The van der Waals surface area contributed by atoms with Gasteiger partial charge < -0.3 is 20.3 Å². The minimum Gasteiger partial charge on any atom is -0.377 e. The quantitative estimate of drug-likeness (QED) is 0.568. The van der Waals surface area contributed by atoms with Crippen LogP contribution in [0.3, 0.4) is 0 Å². The van der Waals surface area contributed by atoms with E-state index >= 15 is 0 Å². The number of nitrogens with zero attached hydrogens (tertiary/aromatic N) is 2. The summed E-state index contributed by atoms with van der Waals surface area (Å²) in [7, 11) is 1.89. The molecule has 2 aliphatic heterocycles. The molecule has 4 unspecified atom stereocenters. The summed E-state index contributed by atoms with van der Waals surface area (Å²) >= 11 is 3.52. The number of anilines is 1. The Bertz CT molecular complexity index is 717. The molecule has 5 nitrogen and oxygen atoms in total. The van der Waals surface area contributed by atoms with Crippen molar-refractivity contribution in [2.75, 3.05) is 31.6 Å². The van der Waals surface area contributed by atoms with Crippen LogP contribution in [0.2, 0.25) is 0 Å². The third-order valence-electron chi connectivity index (χ3n) is 7.27. The number of rotatable bonds is 3. The summed E-state index contributed by atoms with van der Waals surface area (Å²) in [6.45, 7) is 3.04. The molecule has 2 saturated carbocycles. The molecule has 2 N–H and O–H groups in total. The van der Waals surface area contributed by atoms with Crippen molar-refractivity contribution in [3.05, 3.63) is 28.7 Å². The summed E-state index contributed by atoms with van der Waals surface area (Å²) in [5.41, 5.74) is 1.68. The Morgan fingerprint density at radius 2 is 2.04 bits per heavy atom. The maximum atomic E-state index is 6.05. The van der Waals surface area contributed by atoms with Crippen LogP contribution in [-0.2, 0) is 4.74 Å². The first kappa shape index (κ1) is 17.8. The highest BCUT2D eigenvalue weighted by atomic mass is 79.9. The van der Waals surface area contributed by atoms with Crippen LogP contribution in [0.1, 0.15) is 32.1 Å². The van der Waals surface area contributed by atoms with Crippen LogP contribution in [0.25, 0.3) is 0 Å². The SMILES string of the molecule is CN=C(NC1CCN(c2ccc(Br)cc2)C1)NC1C2CCOC2C12CCC2. The Labute approximate surface area is 170 Å². The molecule has 4 aliphatic rings. The third-order valence-corrected chi connectivity index (χ3v) is 7.80. The number of hydrogen-bond donors (Lipinski definition) is 2. The van der Waals surface area contributed by atoms with E-state index in [1.807, 2.05) is 7.05 Å². The number of halogens is 1. The molecule has 5 rings (SSSR count). The van der Waals surface area contributed by atoms with E-state index in [2.05, 4.69) is 60.7 Å². The topological polar surface area (TPSA) is 48.9 Å². The Balaban J connectivity index is 1.20. The molecular weight excluding hydrogens is 404 g/mol. The number of fused-ring (bicyclic) bond motifs is 2. The summed E-state index contributed by atoms with van der Waals surface area (Å²) in [6.07, 6.45) is 6.81. The molecule has 0 radical (unpaired) electrons. The fraction of sp³-hybridized carbons (Fsp3) is 0.667. The minimum absolute atomic E-state index is 0.387. The van der Waals surface area contributed by atoms with Crippen molar-refractivity contribution in [2.24, 2.45) is 16.3 Å². The van der Waals surface area contributed by atoms with E-state index < -0.39 is 0 Å². The van der Waals surface area contributed by atoms with E-state index in [4.69, 9.17) is 4.74 Å². The van der Waals surface area contributed by atoms with Crippen LogP contribution < -0.4 is 15.5 Å². The number of nitrogens with one attached hydrogen (secondary N) is 2. The van der Waals surface area contributed by atoms with Gasteiger partial charge in [0.2, 0.25) is 0 Å². The lowest BCUT2D eigenvalue weighted by Crippen LogP contribution is -2.72. The molecule has 2 saturated heterocycles. The highest BCUT2D eigenvalue weighted by molar-refractivity contribution is 9.10. The summed E-state index contributed by atoms with van der Waals surface area (Å²) in [5.74, 6) is 1.64. The van der Waals surface area contributed by atoms with Crippen molar-refractivity contribution >= 4 is 27.6 Å². The molecule has 4 atom stereocenters. The summed E-state index contributed by atoms with van der Waals surface area (Å²) in [4.78, 5) is 7.00. The van der Waals surface area contributed by atoms with Crippen LogP contribution in [-0.4, -0.2) is 50.9 Å². The van der Waals surface area contributed by atoms with E-state index in [-0.39, 0.29) is 0 Å². The first-order chi connectivity index (χ1) is 13.2. The Kier molecular flexibility index (Phi) is 4.59. The van der Waals surface area contributed by atoms with Crippen LogP contribution in [0.15, 0.2) is 33.7 Å². The van der Waals surface area contributed by atoms with Gasteiger partial charge in [-0.05, 0) is 49.9 Å². The predicted molar refractivity (Wildman–Crippen MR) is 112 cm³/mol. The van der Waals surface area contributed by atoms with Gasteiger partial charge in [-0.25, -0.2) is 0 Å². The van der Waals surface area contributed by atoms with Crippen molar-refractivity contribution in [1.29, 1.82) is 0 Å². The van der Waals surface area contributed by atoms with E-state index in [0.717, 1.165) is 36.5 Å². The van der Waals surface area contributed by atoms with Crippen molar-refractivity contribution in [3.63, 3.8) is 0 Å². The zero-order valence-corrected chi connectivity index (χ0v) is 17.5. The van der Waals surface area contributed by atoms with E-state index in [1.165, 1.54) is 31.4 Å². The standard InChI is InChI=1S/C21H29BrN4O/c1-23-20(25-18-17-8-12-27-19(17)21(18)9-2-10-21)24-15-7-11-26(13-15)16-5-3-14(22)4-6-16/h3-6,15,17-19H,2,7-13H2,1H3,(H2,23,24,25). The molecule has 0 aromatic heterocycles. The number of benzene rings is 1. The number of hydrogen-bond acceptors (Lipinski definition) is 3. The first-order valence-corrected chi connectivity index (χ1v) is 11.1. The van der Waals surface area contributed by atoms with Crippen LogP contribution in [0, 0.1) is 11.3 Å². The summed E-state index contributed by atoms with van der Waals surface area (Å²) in [6, 6.07) is 9.58. The van der Waals surface area contributed by atoms with Gasteiger partial charge in [-0.1, -0.05) is 22.4 Å². The molecule has 1 spiro atoms. The highest BCUT2D eigenvalue weighted by Crippen LogP contribution is 2.62. The molecule has 1 aromatic carbocycles. The molecule has 2 aliphatic carbocycles. The van der Waals surface area contributed by atoms with Crippen molar-refractivity contribution in [2.45, 2.75) is 50.3 Å². The van der Waals surface area contributed by atoms with Crippen LogP contribution >= 0.6 is 15.9 Å². The second-order valence-corrected chi connectivity index (χ2v) is 9.49. The van der Waals surface area contributed by atoms with E-state index in [9.17, 15) is 0 Å². The second kappa shape index (κ2) is 6.96. The fourth-order valence-electron chi connectivity index (χ4n) is 5.73. The molecule has 1 aromatic rings. The zero-order chi connectivity index (χ0) is 18.4. The molecule has 0 amide bonds. The van der Waals surface area contributed by atoms with Gasteiger partial charge in [0, 0.05) is 60.3 Å². The molecule has 4 fully saturated rings. The molecule has 6 heteroatoms. The number of aliphatic imine (C=N–C) groups is 1. The predicted octanol–water partition coefficient (Wildman–Crippen LogP) is 3.15. The second-order valence-electron chi connectivity index (χ2n) is 8.58. The Morgan fingerprint density at radius 1 is 1.22 bits per heavy atom. The van der Waals surface area contributed by atoms with Crippen molar-refractivity contribution in [1.82, 2.24) is 10.6 Å². The Hall–Kier alpha value is -1.27. The maximum Gasteiger partial charge on any atom is 0.191 e. The zero-order valence-electron chi connectivity index (χ0n) is 16.0. The normalized spacial score (nSPS) is 34.1. The van der Waals surface area contributed by atoms with E-state index in [0.29, 0.717) is 29.5 Å². The van der Waals surface area contributed by atoms with E-state index in [1.54, 1.807) is 0 Å². The van der Waals surface area contributed by atoms with Crippen LogP contribution in [0.4, 0.5) is 5.69 Å². The largest absolute Gasteiger partial charge is 0.377 e. The summed E-state index contributed by atoms with van der Waals surface area (Å²) in [5, 5.41) is 7.48. The minimum atomic E-state index is 0.387. The van der Waals surface area contributed by atoms with Gasteiger partial charge in [-0.2, -0.15) is 0 Å². The monoisotopic (exact) mass is 432 g/mol. The van der Waals surface area contributed by atoms with Gasteiger partial charge in [0.05, 0.1) is 6.10 Å². The molecule has 27 heavy (non-hydrogen) atoms. The average Bonchev–Trinajstić information content (AvgIpc) is 3.26. The maximum absolute atomic E-state index is 6.05. The third kappa shape index (κ3) is 2.96. The first-order valence-electron chi connectivity index (χ1n) is 10.3. The molecule has 146 valence electrons. The Morgan fingerprint density at radius 3 is 2.74 bits per heavy atom. The lowest BCUT2D eigenvalue weighted by atomic mass is 9.46. The van der Waals surface area contributed by atoms with Gasteiger partial charge in [0.15, 0.2) is 5.96 Å². The molecule has 0 bridgehead atoms. The number of ether oxygens (including phenoxy) is 1. The molecular formula is C21H29BrN4O. The van der Waals surface area contributed by atoms with Crippen molar-refractivity contribution < 1.29 is 4.74 Å². The fourth-order valence-corrected chi connectivity index (χ4v) is 6.00. The van der Waals surface area contributed by atoms with Gasteiger partial charge in [0.1, 0.15) is 0 Å². The lowest BCUT2D eigenvalue weighted by Gasteiger charge is -2.63. The van der Waals surface area contributed by atoms with Gasteiger partial charge >= 0.3 is 0 Å². The smallest absolute Gasteiger partial charge is 0.191 e. The molecule has 2 heterocycles. The highest BCUT2D eigenvalue weighted by Gasteiger charge is 2.66. The van der Waals surface area contributed by atoms with Gasteiger partial charge in [-0.3, -0.25) is 4.99 Å².